The van der Waals surface area contributed by atoms with Gasteiger partial charge in [-0.05, 0) is 37.3 Å². The number of phosphoric ester groups is 2. The number of fused-ring (bicyclic) bond motifs is 3. The Bertz CT molecular complexity index is 982. The van der Waals surface area contributed by atoms with Gasteiger partial charge in [0, 0.05) is 17.0 Å². The van der Waals surface area contributed by atoms with Gasteiger partial charge in [-0.2, -0.15) is 0 Å². The van der Waals surface area contributed by atoms with Crippen LogP contribution in [0.15, 0.2) is 21.3 Å². The molecule has 1 aliphatic carbocycles. The maximum absolute atomic E-state index is 12.1. The van der Waals surface area contributed by atoms with E-state index in [1.54, 1.807) is 0 Å². The van der Waals surface area contributed by atoms with Gasteiger partial charge in [0.1, 0.15) is 5.58 Å². The van der Waals surface area contributed by atoms with E-state index < -0.39 is 32.8 Å². The summed E-state index contributed by atoms with van der Waals surface area (Å²) in [6.45, 7) is 0. The Kier molecular flexibility index (Phi) is 4.53. The van der Waals surface area contributed by atoms with Crippen LogP contribution in [0, 0.1) is 0 Å². The highest BCUT2D eigenvalue weighted by Gasteiger charge is 2.27. The fourth-order valence-corrected chi connectivity index (χ4v) is 3.65. The topological polar surface area (TPSA) is 164 Å². The summed E-state index contributed by atoms with van der Waals surface area (Å²) in [6, 6.07) is 2.11. The summed E-state index contributed by atoms with van der Waals surface area (Å²) in [6.07, 6.45) is 2.71. The molecule has 0 bridgehead atoms. The van der Waals surface area contributed by atoms with Crippen molar-refractivity contribution >= 4 is 26.6 Å². The SMILES string of the molecule is O=c1oc2cc(OP(=O)(O)O)c(OP(=O)(O)O)cc2c2c1CCCC2. The molecule has 0 saturated carbocycles. The smallest absolute Gasteiger partial charge is 0.422 e. The molecule has 1 aromatic heterocycles. The van der Waals surface area contributed by atoms with E-state index in [0.29, 0.717) is 29.4 Å². The number of hydrogen-bond acceptors (Lipinski definition) is 6. The van der Waals surface area contributed by atoms with E-state index in [1.165, 1.54) is 0 Å². The Morgan fingerprint density at radius 1 is 0.880 bits per heavy atom. The molecule has 0 aliphatic heterocycles. The second kappa shape index (κ2) is 6.25. The Morgan fingerprint density at radius 2 is 1.40 bits per heavy atom. The van der Waals surface area contributed by atoms with Crippen molar-refractivity contribution in [2.45, 2.75) is 25.7 Å². The zero-order valence-electron chi connectivity index (χ0n) is 12.6. The number of phosphoric acid groups is 2. The summed E-state index contributed by atoms with van der Waals surface area (Å²) in [7, 11) is -10.1. The minimum atomic E-state index is -5.05. The zero-order chi connectivity index (χ0) is 18.4. The second-order valence-electron chi connectivity index (χ2n) is 5.51. The van der Waals surface area contributed by atoms with Gasteiger partial charge in [-0.3, -0.25) is 19.6 Å². The first-order valence-electron chi connectivity index (χ1n) is 7.16. The fraction of sp³-hybridized carbons (Fsp3) is 0.308. The van der Waals surface area contributed by atoms with Crippen molar-refractivity contribution in [2.24, 2.45) is 0 Å². The summed E-state index contributed by atoms with van der Waals surface area (Å²) >= 11 is 0. The Morgan fingerprint density at radius 3 is 1.96 bits per heavy atom. The molecule has 1 aromatic carbocycles. The largest absolute Gasteiger partial charge is 0.524 e. The molecular formula is C13H14O10P2. The Hall–Kier alpha value is -1.67. The fourth-order valence-electron chi connectivity index (χ4n) is 2.85. The van der Waals surface area contributed by atoms with E-state index in [1.807, 2.05) is 0 Å². The molecule has 3 rings (SSSR count). The van der Waals surface area contributed by atoms with Crippen LogP contribution in [-0.2, 0) is 22.0 Å². The quantitative estimate of drug-likeness (QED) is 0.444. The predicted molar refractivity (Wildman–Crippen MR) is 84.5 cm³/mol. The molecule has 1 aliphatic rings. The van der Waals surface area contributed by atoms with Gasteiger partial charge in [0.2, 0.25) is 0 Å². The highest BCUT2D eigenvalue weighted by Crippen LogP contribution is 2.48. The van der Waals surface area contributed by atoms with E-state index in [-0.39, 0.29) is 5.58 Å². The van der Waals surface area contributed by atoms with Crippen LogP contribution in [0.3, 0.4) is 0 Å². The first-order chi connectivity index (χ1) is 11.5. The minimum Gasteiger partial charge on any atom is -0.422 e. The number of aryl methyl sites for hydroxylation is 1. The van der Waals surface area contributed by atoms with E-state index in [0.717, 1.165) is 25.0 Å². The van der Waals surface area contributed by atoms with Gasteiger partial charge in [-0.25, -0.2) is 13.9 Å². The average molecular weight is 392 g/mol. The molecule has 0 radical (unpaired) electrons. The molecule has 0 unspecified atom stereocenters. The van der Waals surface area contributed by atoms with E-state index in [4.69, 9.17) is 24.0 Å². The standard InChI is InChI=1S/C13H14O10P2/c14-13-8-4-2-1-3-7(8)9-5-11(22-24(15,16)17)12(6-10(9)21-13)23-25(18,19)20/h5-6H,1-4H2,(H2,15,16,17)(H2,18,19,20). The number of rotatable bonds is 4. The molecule has 136 valence electrons. The minimum absolute atomic E-state index is 0.0211. The highest BCUT2D eigenvalue weighted by molar-refractivity contribution is 7.47. The third kappa shape index (κ3) is 4.12. The molecule has 0 saturated heterocycles. The molecular weight excluding hydrogens is 378 g/mol. The molecule has 12 heteroatoms. The van der Waals surface area contributed by atoms with E-state index in [2.05, 4.69) is 9.05 Å². The Balaban J connectivity index is 2.27. The van der Waals surface area contributed by atoms with E-state index in [9.17, 15) is 13.9 Å². The van der Waals surface area contributed by atoms with Gasteiger partial charge in [-0.1, -0.05) is 0 Å². The summed E-state index contributed by atoms with van der Waals surface area (Å²) in [4.78, 5) is 48.0. The first-order valence-corrected chi connectivity index (χ1v) is 10.2. The van der Waals surface area contributed by atoms with Gasteiger partial charge < -0.3 is 13.5 Å². The molecule has 0 atom stereocenters. The van der Waals surface area contributed by atoms with Crippen molar-refractivity contribution in [2.75, 3.05) is 0 Å². The van der Waals surface area contributed by atoms with Crippen molar-refractivity contribution in [3.8, 4) is 11.5 Å². The lowest BCUT2D eigenvalue weighted by Gasteiger charge is -2.18. The normalized spacial score (nSPS) is 15.0. The zero-order valence-corrected chi connectivity index (χ0v) is 14.4. The third-order valence-corrected chi connectivity index (χ3v) is 4.59. The molecule has 0 fully saturated rings. The lowest BCUT2D eigenvalue weighted by molar-refractivity contribution is 0.264. The van der Waals surface area contributed by atoms with Crippen molar-refractivity contribution in [1.82, 2.24) is 0 Å². The predicted octanol–water partition coefficient (Wildman–Crippen LogP) is 1.61. The van der Waals surface area contributed by atoms with Crippen molar-refractivity contribution in [3.63, 3.8) is 0 Å². The van der Waals surface area contributed by atoms with Gasteiger partial charge in [-0.15, -0.1) is 0 Å². The van der Waals surface area contributed by atoms with Crippen LogP contribution in [0.4, 0.5) is 0 Å². The van der Waals surface area contributed by atoms with Crippen molar-refractivity contribution < 1.29 is 42.2 Å². The summed E-state index contributed by atoms with van der Waals surface area (Å²) in [5.41, 5.74) is 0.556. The van der Waals surface area contributed by atoms with Gasteiger partial charge in [0.25, 0.3) is 0 Å². The summed E-state index contributed by atoms with van der Waals surface area (Å²) < 4.78 is 36.3. The number of benzene rings is 1. The first kappa shape index (κ1) is 18.1. The van der Waals surface area contributed by atoms with Crippen LogP contribution in [-0.4, -0.2) is 19.6 Å². The van der Waals surface area contributed by atoms with Crippen LogP contribution in [0.2, 0.25) is 0 Å². The van der Waals surface area contributed by atoms with E-state index >= 15 is 0 Å². The van der Waals surface area contributed by atoms with Crippen LogP contribution >= 0.6 is 15.6 Å². The average Bonchev–Trinajstić information content (AvgIpc) is 2.46. The van der Waals surface area contributed by atoms with Crippen LogP contribution in [0.25, 0.3) is 11.0 Å². The lowest BCUT2D eigenvalue weighted by Crippen LogP contribution is -2.15. The van der Waals surface area contributed by atoms with Crippen LogP contribution < -0.4 is 14.7 Å². The maximum Gasteiger partial charge on any atom is 0.524 e. The molecule has 0 spiro atoms. The second-order valence-corrected chi connectivity index (χ2v) is 7.84. The number of hydrogen-bond donors (Lipinski definition) is 4. The maximum atomic E-state index is 12.1. The lowest BCUT2D eigenvalue weighted by atomic mass is 9.90. The molecule has 2 aromatic rings. The van der Waals surface area contributed by atoms with Gasteiger partial charge in [0.15, 0.2) is 11.5 Å². The molecule has 1 heterocycles. The van der Waals surface area contributed by atoms with Crippen molar-refractivity contribution in [1.29, 1.82) is 0 Å². The van der Waals surface area contributed by atoms with Crippen LogP contribution in [0.5, 0.6) is 11.5 Å². The molecule has 0 amide bonds. The van der Waals surface area contributed by atoms with Crippen LogP contribution in [0.1, 0.15) is 24.0 Å². The molecule has 4 N–H and O–H groups in total. The highest BCUT2D eigenvalue weighted by atomic mass is 31.2. The summed E-state index contributed by atoms with van der Waals surface area (Å²) in [5, 5.41) is 0.371. The Labute approximate surface area is 140 Å². The molecule has 10 nitrogen and oxygen atoms in total. The third-order valence-electron chi connectivity index (χ3n) is 3.72. The van der Waals surface area contributed by atoms with Gasteiger partial charge in [0.05, 0.1) is 0 Å². The molecule has 25 heavy (non-hydrogen) atoms. The monoisotopic (exact) mass is 392 g/mol. The van der Waals surface area contributed by atoms with Gasteiger partial charge >= 0.3 is 21.3 Å². The summed E-state index contributed by atoms with van der Waals surface area (Å²) in [5.74, 6) is -1.21. The van der Waals surface area contributed by atoms with Crippen molar-refractivity contribution in [3.05, 3.63) is 33.7 Å².